The Labute approximate surface area is 198 Å². The van der Waals surface area contributed by atoms with Crippen LogP contribution in [0.1, 0.15) is 59.8 Å². The smallest absolute Gasteiger partial charge is 0.278 e. The number of carbonyl (C=O) groups excluding carboxylic acids is 1. The number of piperidine rings is 1. The average molecular weight is 458 g/mol. The molecule has 2 aliphatic rings. The molecular weight excluding hydrogens is 430 g/mol. The minimum Gasteiger partial charge on any atom is -0.372 e. The Morgan fingerprint density at radius 1 is 1.03 bits per heavy atom. The number of aromatic nitrogens is 2. The molecule has 0 radical (unpaired) electrons. The van der Waals surface area contributed by atoms with Gasteiger partial charge in [0.2, 0.25) is 0 Å². The Balaban J connectivity index is 1.37. The van der Waals surface area contributed by atoms with Crippen molar-refractivity contribution in [1.82, 2.24) is 15.3 Å². The van der Waals surface area contributed by atoms with Gasteiger partial charge < -0.3 is 10.2 Å². The molecule has 174 valence electrons. The number of anilines is 1. The van der Waals surface area contributed by atoms with Gasteiger partial charge in [-0.15, -0.1) is 0 Å². The molecule has 3 aromatic rings. The molecule has 1 aliphatic carbocycles. The van der Waals surface area contributed by atoms with Crippen LogP contribution in [0.5, 0.6) is 0 Å². The molecule has 1 aliphatic heterocycles. The monoisotopic (exact) mass is 457 g/mol. The number of hydrogen-bond donors (Lipinski definition) is 1. The fraction of sp³-hybridized carbons (Fsp3) is 0.346. The highest BCUT2D eigenvalue weighted by Gasteiger charge is 2.24. The van der Waals surface area contributed by atoms with Crippen LogP contribution in [0.4, 0.5) is 11.4 Å². The van der Waals surface area contributed by atoms with Crippen LogP contribution in [0, 0.1) is 10.1 Å². The van der Waals surface area contributed by atoms with Crippen molar-refractivity contribution in [2.75, 3.05) is 18.0 Å². The van der Waals surface area contributed by atoms with Gasteiger partial charge in [0.05, 0.1) is 34.6 Å². The van der Waals surface area contributed by atoms with E-state index in [2.05, 4.69) is 32.3 Å². The van der Waals surface area contributed by atoms with Crippen LogP contribution in [-0.2, 0) is 6.42 Å². The number of hydrogen-bond acceptors (Lipinski definition) is 6. The third kappa shape index (κ3) is 4.48. The molecule has 8 heteroatoms. The highest BCUT2D eigenvalue weighted by molar-refractivity contribution is 5.92. The van der Waals surface area contributed by atoms with E-state index in [-0.39, 0.29) is 23.3 Å². The van der Waals surface area contributed by atoms with Crippen molar-refractivity contribution in [3.05, 3.63) is 81.8 Å². The van der Waals surface area contributed by atoms with E-state index in [4.69, 9.17) is 0 Å². The molecule has 1 fully saturated rings. The van der Waals surface area contributed by atoms with Gasteiger partial charge in [-0.2, -0.15) is 0 Å². The van der Waals surface area contributed by atoms with Crippen molar-refractivity contribution in [2.45, 2.75) is 44.6 Å². The summed E-state index contributed by atoms with van der Waals surface area (Å²) in [4.78, 5) is 35.1. The largest absolute Gasteiger partial charge is 0.372 e. The lowest BCUT2D eigenvalue weighted by Crippen LogP contribution is -2.31. The average Bonchev–Trinajstić information content (AvgIpc) is 2.89. The minimum absolute atomic E-state index is 0.0222. The van der Waals surface area contributed by atoms with E-state index in [0.29, 0.717) is 11.3 Å². The summed E-state index contributed by atoms with van der Waals surface area (Å²) in [5.41, 5.74) is 4.32. The first-order valence-electron chi connectivity index (χ1n) is 11.8. The zero-order valence-electron chi connectivity index (χ0n) is 18.9. The fourth-order valence-electron chi connectivity index (χ4n) is 4.96. The molecule has 34 heavy (non-hydrogen) atoms. The van der Waals surface area contributed by atoms with Crippen LogP contribution in [-0.4, -0.2) is 33.9 Å². The van der Waals surface area contributed by atoms with Crippen LogP contribution in [0.2, 0.25) is 0 Å². The number of aryl methyl sites for hydroxylation is 1. The quantitative estimate of drug-likeness (QED) is 0.434. The number of nitro groups is 1. The number of benzene rings is 2. The van der Waals surface area contributed by atoms with Crippen molar-refractivity contribution in [1.29, 1.82) is 0 Å². The van der Waals surface area contributed by atoms with E-state index in [9.17, 15) is 14.9 Å². The van der Waals surface area contributed by atoms with Gasteiger partial charge >= 0.3 is 0 Å². The fourth-order valence-corrected chi connectivity index (χ4v) is 4.96. The summed E-state index contributed by atoms with van der Waals surface area (Å²) in [5.74, 6) is -0.294. The first kappa shape index (κ1) is 22.0. The molecule has 2 heterocycles. The SMILES string of the molecule is O=C(NC1CCCc2ccccc21)c1cnc(-c2cc(N3CCCCC3)ccc2[N+](=O)[O-])cn1. The molecule has 1 aromatic heterocycles. The van der Waals surface area contributed by atoms with Crippen molar-refractivity contribution < 1.29 is 9.72 Å². The standard InChI is InChI=1S/C26H27N5O3/c32-26(29-22-10-6-8-18-7-2-3-9-20(18)22)24-17-27-23(16-28-24)21-15-19(11-12-25(21)31(33)34)30-13-4-1-5-14-30/h2-3,7,9,11-12,15-17,22H,1,4-6,8,10,13-14H2,(H,29,32). The van der Waals surface area contributed by atoms with Gasteiger partial charge in [0.15, 0.2) is 0 Å². The zero-order valence-corrected chi connectivity index (χ0v) is 18.9. The second-order valence-electron chi connectivity index (χ2n) is 8.91. The number of rotatable bonds is 5. The number of nitro benzene ring substituents is 1. The predicted molar refractivity (Wildman–Crippen MR) is 130 cm³/mol. The van der Waals surface area contributed by atoms with E-state index >= 15 is 0 Å². The summed E-state index contributed by atoms with van der Waals surface area (Å²) in [6.45, 7) is 1.87. The van der Waals surface area contributed by atoms with E-state index in [1.807, 2.05) is 18.2 Å². The predicted octanol–water partition coefficient (Wildman–Crippen LogP) is 4.85. The first-order chi connectivity index (χ1) is 16.6. The van der Waals surface area contributed by atoms with Crippen LogP contribution in [0.15, 0.2) is 54.9 Å². The second kappa shape index (κ2) is 9.59. The summed E-state index contributed by atoms with van der Waals surface area (Å²) in [6, 6.07) is 13.3. The number of amides is 1. The molecule has 1 atom stereocenters. The van der Waals surface area contributed by atoms with Gasteiger partial charge in [-0.05, 0) is 61.8 Å². The molecule has 0 bridgehead atoms. The topological polar surface area (TPSA) is 101 Å². The number of nitrogens with one attached hydrogen (secondary N) is 1. The van der Waals surface area contributed by atoms with E-state index < -0.39 is 4.92 Å². The molecule has 0 spiro atoms. The number of carbonyl (C=O) groups is 1. The van der Waals surface area contributed by atoms with E-state index in [1.165, 1.54) is 30.4 Å². The summed E-state index contributed by atoms with van der Waals surface area (Å²) in [6.07, 6.45) is 9.20. The highest BCUT2D eigenvalue weighted by atomic mass is 16.6. The Morgan fingerprint density at radius 3 is 2.62 bits per heavy atom. The Bertz CT molecular complexity index is 1210. The second-order valence-corrected chi connectivity index (χ2v) is 8.91. The third-order valence-corrected chi connectivity index (χ3v) is 6.73. The molecule has 0 saturated carbocycles. The number of fused-ring (bicyclic) bond motifs is 1. The third-order valence-electron chi connectivity index (χ3n) is 6.73. The molecule has 5 rings (SSSR count). The van der Waals surface area contributed by atoms with Crippen molar-refractivity contribution in [2.24, 2.45) is 0 Å². The van der Waals surface area contributed by atoms with Crippen LogP contribution in [0.3, 0.4) is 0 Å². The maximum absolute atomic E-state index is 12.9. The van der Waals surface area contributed by atoms with Gasteiger partial charge in [-0.25, -0.2) is 4.98 Å². The Morgan fingerprint density at radius 2 is 1.85 bits per heavy atom. The van der Waals surface area contributed by atoms with Gasteiger partial charge in [-0.1, -0.05) is 24.3 Å². The number of nitrogens with zero attached hydrogens (tertiary/aromatic N) is 4. The molecule has 8 nitrogen and oxygen atoms in total. The van der Waals surface area contributed by atoms with Crippen molar-refractivity contribution in [3.8, 4) is 11.3 Å². The molecule has 1 N–H and O–H groups in total. The molecule has 1 saturated heterocycles. The maximum atomic E-state index is 12.9. The highest BCUT2D eigenvalue weighted by Crippen LogP contribution is 2.33. The van der Waals surface area contributed by atoms with Gasteiger partial charge in [0, 0.05) is 24.8 Å². The van der Waals surface area contributed by atoms with Crippen molar-refractivity contribution >= 4 is 17.3 Å². The summed E-state index contributed by atoms with van der Waals surface area (Å²) in [7, 11) is 0. The lowest BCUT2D eigenvalue weighted by atomic mass is 9.88. The molecule has 1 unspecified atom stereocenters. The normalized spacial score (nSPS) is 17.6. The Hall–Kier alpha value is -3.81. The molecular formula is C26H27N5O3. The Kier molecular flexibility index (Phi) is 6.20. The van der Waals surface area contributed by atoms with Gasteiger partial charge in [0.25, 0.3) is 11.6 Å². The van der Waals surface area contributed by atoms with Gasteiger partial charge in [-0.3, -0.25) is 19.9 Å². The minimum atomic E-state index is -0.405. The molecule has 1 amide bonds. The van der Waals surface area contributed by atoms with Crippen LogP contribution >= 0.6 is 0 Å². The van der Waals surface area contributed by atoms with Crippen LogP contribution < -0.4 is 10.2 Å². The van der Waals surface area contributed by atoms with Crippen molar-refractivity contribution in [3.63, 3.8) is 0 Å². The van der Waals surface area contributed by atoms with E-state index in [0.717, 1.165) is 56.4 Å². The lowest BCUT2D eigenvalue weighted by molar-refractivity contribution is -0.384. The van der Waals surface area contributed by atoms with E-state index in [1.54, 1.807) is 6.07 Å². The van der Waals surface area contributed by atoms with Crippen LogP contribution in [0.25, 0.3) is 11.3 Å². The first-order valence-corrected chi connectivity index (χ1v) is 11.8. The molecule has 2 aromatic carbocycles. The summed E-state index contributed by atoms with van der Waals surface area (Å²) < 4.78 is 0. The summed E-state index contributed by atoms with van der Waals surface area (Å²) in [5, 5.41) is 14.7. The maximum Gasteiger partial charge on any atom is 0.278 e. The zero-order chi connectivity index (χ0) is 23.5. The van der Waals surface area contributed by atoms with Gasteiger partial charge in [0.1, 0.15) is 5.69 Å². The lowest BCUT2D eigenvalue weighted by Gasteiger charge is -2.29. The summed E-state index contributed by atoms with van der Waals surface area (Å²) >= 11 is 0.